The van der Waals surface area contributed by atoms with Crippen LogP contribution in [0.5, 0.6) is 0 Å². The maximum atomic E-state index is 13.3. The van der Waals surface area contributed by atoms with Crippen molar-refractivity contribution in [3.63, 3.8) is 0 Å². The molecule has 0 bridgehead atoms. The van der Waals surface area contributed by atoms with Crippen molar-refractivity contribution in [3.05, 3.63) is 34.5 Å². The summed E-state index contributed by atoms with van der Waals surface area (Å²) < 4.78 is 14.5. The molecule has 0 saturated heterocycles. The molecule has 1 aliphatic rings. The highest BCUT2D eigenvalue weighted by atomic mass is 32.1. The Hall–Kier alpha value is -0.930. The maximum Gasteiger partial charge on any atom is 0.123 e. The van der Waals surface area contributed by atoms with E-state index in [1.54, 1.807) is 23.5 Å². The summed E-state index contributed by atoms with van der Waals surface area (Å²) in [4.78, 5) is 1.38. The van der Waals surface area contributed by atoms with E-state index in [1.165, 1.54) is 28.0 Å². The number of halogens is 1. The molecule has 1 aromatic carbocycles. The Morgan fingerprint density at radius 2 is 2.25 bits per heavy atom. The van der Waals surface area contributed by atoms with Gasteiger partial charge in [-0.05, 0) is 55.0 Å². The van der Waals surface area contributed by atoms with Gasteiger partial charge in [0.25, 0.3) is 0 Å². The molecule has 1 nitrogen and oxygen atoms in total. The topological polar surface area (TPSA) is 12.0 Å². The van der Waals surface area contributed by atoms with Gasteiger partial charge in [-0.2, -0.15) is 0 Å². The molecule has 0 amide bonds. The SMILES string of the molecule is CNCc1sc2ccc(F)cc2c1C1CC1. The quantitative estimate of drug-likeness (QED) is 0.856. The van der Waals surface area contributed by atoms with Crippen LogP contribution in [-0.4, -0.2) is 7.05 Å². The van der Waals surface area contributed by atoms with Crippen LogP contribution in [0.25, 0.3) is 10.1 Å². The molecule has 2 aromatic rings. The molecule has 1 N–H and O–H groups in total. The molecular formula is C13H14FNS. The first-order chi connectivity index (χ1) is 7.79. The van der Waals surface area contributed by atoms with E-state index in [4.69, 9.17) is 0 Å². The van der Waals surface area contributed by atoms with Gasteiger partial charge in [-0.15, -0.1) is 11.3 Å². The van der Waals surface area contributed by atoms with Gasteiger partial charge in [0.1, 0.15) is 5.82 Å². The van der Waals surface area contributed by atoms with Gasteiger partial charge in [-0.3, -0.25) is 0 Å². The second kappa shape index (κ2) is 3.82. The first-order valence-electron chi connectivity index (χ1n) is 5.65. The van der Waals surface area contributed by atoms with Crippen molar-refractivity contribution in [2.75, 3.05) is 7.05 Å². The molecule has 3 rings (SSSR count). The lowest BCUT2D eigenvalue weighted by Gasteiger charge is -2.01. The zero-order valence-electron chi connectivity index (χ0n) is 9.22. The van der Waals surface area contributed by atoms with Crippen molar-refractivity contribution in [2.45, 2.75) is 25.3 Å². The maximum absolute atomic E-state index is 13.3. The molecule has 0 atom stereocenters. The smallest absolute Gasteiger partial charge is 0.123 e. The Morgan fingerprint density at radius 3 is 2.94 bits per heavy atom. The van der Waals surface area contributed by atoms with Gasteiger partial charge in [0.2, 0.25) is 0 Å². The van der Waals surface area contributed by atoms with Crippen molar-refractivity contribution < 1.29 is 4.39 Å². The minimum atomic E-state index is -0.122. The zero-order chi connectivity index (χ0) is 11.1. The molecule has 1 fully saturated rings. The van der Waals surface area contributed by atoms with Crippen LogP contribution in [-0.2, 0) is 6.54 Å². The van der Waals surface area contributed by atoms with Crippen molar-refractivity contribution >= 4 is 21.4 Å². The summed E-state index contributed by atoms with van der Waals surface area (Å²) in [6.07, 6.45) is 2.53. The van der Waals surface area contributed by atoms with Gasteiger partial charge < -0.3 is 5.32 Å². The standard InChI is InChI=1S/C13H14FNS/c1-15-7-12-13(8-2-3-8)10-6-9(14)4-5-11(10)16-12/h4-6,8,15H,2-3,7H2,1H3. The molecule has 16 heavy (non-hydrogen) atoms. The van der Waals surface area contributed by atoms with Crippen molar-refractivity contribution in [3.8, 4) is 0 Å². The third-order valence-electron chi connectivity index (χ3n) is 3.09. The van der Waals surface area contributed by atoms with E-state index < -0.39 is 0 Å². The molecule has 0 radical (unpaired) electrons. The Bertz CT molecular complexity index is 528. The number of nitrogens with one attached hydrogen (secondary N) is 1. The van der Waals surface area contributed by atoms with Crippen LogP contribution in [0.4, 0.5) is 4.39 Å². The van der Waals surface area contributed by atoms with Crippen LogP contribution >= 0.6 is 11.3 Å². The van der Waals surface area contributed by atoms with Crippen molar-refractivity contribution in [2.24, 2.45) is 0 Å². The molecule has 0 unspecified atom stereocenters. The third kappa shape index (κ3) is 1.64. The number of rotatable bonds is 3. The lowest BCUT2D eigenvalue weighted by atomic mass is 10.1. The first-order valence-corrected chi connectivity index (χ1v) is 6.46. The molecule has 0 aliphatic heterocycles. The van der Waals surface area contributed by atoms with Gasteiger partial charge >= 0.3 is 0 Å². The molecule has 1 heterocycles. The summed E-state index contributed by atoms with van der Waals surface area (Å²) in [6, 6.07) is 5.15. The van der Waals surface area contributed by atoms with E-state index in [0.29, 0.717) is 5.92 Å². The summed E-state index contributed by atoms with van der Waals surface area (Å²) in [5.74, 6) is 0.558. The number of fused-ring (bicyclic) bond motifs is 1. The van der Waals surface area contributed by atoms with Crippen LogP contribution in [0.2, 0.25) is 0 Å². The average Bonchev–Trinajstić information content (AvgIpc) is 3.02. The zero-order valence-corrected chi connectivity index (χ0v) is 10.0. The second-order valence-electron chi connectivity index (χ2n) is 4.38. The Morgan fingerprint density at radius 1 is 1.44 bits per heavy atom. The Kier molecular flexibility index (Phi) is 2.45. The number of hydrogen-bond donors (Lipinski definition) is 1. The fourth-order valence-corrected chi connectivity index (χ4v) is 3.53. The lowest BCUT2D eigenvalue weighted by molar-refractivity contribution is 0.629. The van der Waals surface area contributed by atoms with Gasteiger partial charge in [-0.1, -0.05) is 0 Å². The highest BCUT2D eigenvalue weighted by Gasteiger charge is 2.29. The van der Waals surface area contributed by atoms with Gasteiger partial charge in [0, 0.05) is 16.1 Å². The third-order valence-corrected chi connectivity index (χ3v) is 4.27. The summed E-state index contributed by atoms with van der Waals surface area (Å²) in [7, 11) is 1.96. The van der Waals surface area contributed by atoms with E-state index in [2.05, 4.69) is 5.32 Å². The average molecular weight is 235 g/mol. The van der Waals surface area contributed by atoms with E-state index >= 15 is 0 Å². The minimum Gasteiger partial charge on any atom is -0.315 e. The minimum absolute atomic E-state index is 0.122. The van der Waals surface area contributed by atoms with E-state index in [1.807, 2.05) is 13.1 Å². The summed E-state index contributed by atoms with van der Waals surface area (Å²) >= 11 is 1.80. The van der Waals surface area contributed by atoms with Crippen LogP contribution in [0.3, 0.4) is 0 Å². The fraction of sp³-hybridized carbons (Fsp3) is 0.385. The molecule has 0 spiro atoms. The fourth-order valence-electron chi connectivity index (χ4n) is 2.25. The predicted molar refractivity (Wildman–Crippen MR) is 66.5 cm³/mol. The Labute approximate surface area is 98.3 Å². The molecule has 84 valence electrons. The van der Waals surface area contributed by atoms with Crippen LogP contribution in [0, 0.1) is 5.82 Å². The van der Waals surface area contributed by atoms with Crippen LogP contribution in [0.1, 0.15) is 29.2 Å². The van der Waals surface area contributed by atoms with Crippen molar-refractivity contribution in [1.29, 1.82) is 0 Å². The largest absolute Gasteiger partial charge is 0.315 e. The molecule has 1 saturated carbocycles. The van der Waals surface area contributed by atoms with Gasteiger partial charge in [0.05, 0.1) is 0 Å². The van der Waals surface area contributed by atoms with Crippen LogP contribution in [0.15, 0.2) is 18.2 Å². The molecular weight excluding hydrogens is 221 g/mol. The van der Waals surface area contributed by atoms with Gasteiger partial charge in [0.15, 0.2) is 0 Å². The van der Waals surface area contributed by atoms with Crippen LogP contribution < -0.4 is 5.32 Å². The molecule has 1 aromatic heterocycles. The van der Waals surface area contributed by atoms with Crippen molar-refractivity contribution in [1.82, 2.24) is 5.32 Å². The molecule has 1 aliphatic carbocycles. The monoisotopic (exact) mass is 235 g/mol. The number of benzene rings is 1. The molecule has 3 heteroatoms. The van der Waals surface area contributed by atoms with E-state index in [-0.39, 0.29) is 5.82 Å². The second-order valence-corrected chi connectivity index (χ2v) is 5.52. The van der Waals surface area contributed by atoms with E-state index in [9.17, 15) is 4.39 Å². The normalized spacial score (nSPS) is 15.9. The van der Waals surface area contributed by atoms with Gasteiger partial charge in [-0.25, -0.2) is 4.39 Å². The van der Waals surface area contributed by atoms with E-state index in [0.717, 1.165) is 11.9 Å². The number of hydrogen-bond acceptors (Lipinski definition) is 2. The summed E-state index contributed by atoms with van der Waals surface area (Å²) in [5, 5.41) is 4.34. The predicted octanol–water partition coefficient (Wildman–Crippen LogP) is 3.64. The number of thiophene rings is 1. The lowest BCUT2D eigenvalue weighted by Crippen LogP contribution is -2.04. The highest BCUT2D eigenvalue weighted by molar-refractivity contribution is 7.19. The Balaban J connectivity index is 2.21. The highest BCUT2D eigenvalue weighted by Crippen LogP contribution is 2.48. The first kappa shape index (κ1) is 10.2. The summed E-state index contributed by atoms with van der Waals surface area (Å²) in [5.41, 5.74) is 1.40. The summed E-state index contributed by atoms with van der Waals surface area (Å²) in [6.45, 7) is 0.896.